The maximum Gasteiger partial charge on any atom is 0.329 e. The maximum absolute atomic E-state index is 13.2. The Balaban J connectivity index is 1.73. The van der Waals surface area contributed by atoms with Gasteiger partial charge in [0.15, 0.2) is 0 Å². The highest BCUT2D eigenvalue weighted by Crippen LogP contribution is 2.29. The number of aryl methyl sites for hydroxylation is 1. The van der Waals surface area contributed by atoms with Crippen molar-refractivity contribution in [3.8, 4) is 0 Å². The molecule has 0 aromatic heterocycles. The Morgan fingerprint density at radius 3 is 2.28 bits per heavy atom. The monoisotopic (exact) mass is 435 g/mol. The van der Waals surface area contributed by atoms with E-state index in [-0.39, 0.29) is 0 Å². The molecule has 2 aromatic rings. The molecule has 1 fully saturated rings. The fourth-order valence-corrected chi connectivity index (χ4v) is 3.96. The molecule has 1 heterocycles. The average Bonchev–Trinajstić information content (AvgIpc) is 3.32. The normalized spacial score (nSPS) is 17.1. The summed E-state index contributed by atoms with van der Waals surface area (Å²) < 4.78 is 5.97. The van der Waals surface area contributed by atoms with Crippen molar-refractivity contribution in [3.63, 3.8) is 0 Å². The Morgan fingerprint density at radius 2 is 1.66 bits per heavy atom. The first-order chi connectivity index (χ1) is 15.3. The van der Waals surface area contributed by atoms with Gasteiger partial charge in [0.1, 0.15) is 12.1 Å². The van der Waals surface area contributed by atoms with E-state index in [4.69, 9.17) is 4.74 Å². The van der Waals surface area contributed by atoms with Gasteiger partial charge in [-0.25, -0.2) is 4.79 Å². The third-order valence-corrected chi connectivity index (χ3v) is 6.45. The van der Waals surface area contributed by atoms with Crippen LogP contribution in [0.5, 0.6) is 0 Å². The van der Waals surface area contributed by atoms with Crippen LogP contribution in [-0.2, 0) is 25.5 Å². The van der Waals surface area contributed by atoms with Crippen LogP contribution in [0.1, 0.15) is 63.7 Å². The van der Waals surface area contributed by atoms with Crippen molar-refractivity contribution in [2.24, 2.45) is 5.41 Å². The van der Waals surface area contributed by atoms with Gasteiger partial charge in [-0.3, -0.25) is 9.59 Å². The molecule has 0 radical (unpaired) electrons. The fraction of sp³-hybridized carbons (Fsp3) is 0.444. The van der Waals surface area contributed by atoms with Gasteiger partial charge >= 0.3 is 5.97 Å². The molecule has 0 aliphatic carbocycles. The molecule has 32 heavy (non-hydrogen) atoms. The lowest BCUT2D eigenvalue weighted by Gasteiger charge is -2.28. The van der Waals surface area contributed by atoms with Crippen molar-refractivity contribution in [2.45, 2.75) is 65.0 Å². The number of rotatable bonds is 9. The highest BCUT2D eigenvalue weighted by atomic mass is 16.5. The van der Waals surface area contributed by atoms with Crippen LogP contribution in [0.4, 0.5) is 0 Å². The van der Waals surface area contributed by atoms with Crippen LogP contribution in [0.2, 0.25) is 0 Å². The largest absolute Gasteiger partial charge is 0.456 e. The number of carbonyl (C=O) groups is 3. The lowest BCUT2D eigenvalue weighted by atomic mass is 9.84. The van der Waals surface area contributed by atoms with Crippen molar-refractivity contribution in [1.29, 1.82) is 0 Å². The van der Waals surface area contributed by atoms with Crippen molar-refractivity contribution >= 4 is 17.7 Å². The number of Topliss-reactive ketones (excluding diaryl/α,β-unsaturated/α-hetero) is 1. The minimum atomic E-state index is -0.740. The van der Waals surface area contributed by atoms with Crippen LogP contribution in [0, 0.1) is 5.41 Å². The zero-order chi connectivity index (χ0) is 23.1. The number of amides is 1. The molecule has 170 valence electrons. The van der Waals surface area contributed by atoms with Crippen LogP contribution in [0.15, 0.2) is 60.7 Å². The fourth-order valence-electron chi connectivity index (χ4n) is 3.96. The van der Waals surface area contributed by atoms with Gasteiger partial charge in [0.2, 0.25) is 5.78 Å². The molecule has 0 saturated carbocycles. The predicted molar refractivity (Wildman–Crippen MR) is 124 cm³/mol. The third-order valence-electron chi connectivity index (χ3n) is 6.45. The topological polar surface area (TPSA) is 63.7 Å². The van der Waals surface area contributed by atoms with Crippen LogP contribution < -0.4 is 0 Å². The zero-order valence-corrected chi connectivity index (χ0v) is 19.3. The van der Waals surface area contributed by atoms with E-state index in [0.717, 1.165) is 12.0 Å². The second-order valence-corrected chi connectivity index (χ2v) is 9.08. The van der Waals surface area contributed by atoms with Gasteiger partial charge in [-0.2, -0.15) is 0 Å². The molecule has 1 aliphatic rings. The van der Waals surface area contributed by atoms with E-state index < -0.39 is 35.2 Å². The lowest BCUT2D eigenvalue weighted by molar-refractivity contribution is -0.161. The minimum Gasteiger partial charge on any atom is -0.456 e. The average molecular weight is 436 g/mol. The van der Waals surface area contributed by atoms with Crippen molar-refractivity contribution in [2.75, 3.05) is 6.54 Å². The van der Waals surface area contributed by atoms with Gasteiger partial charge in [-0.1, -0.05) is 81.4 Å². The van der Waals surface area contributed by atoms with E-state index in [2.05, 4.69) is 12.1 Å². The Labute approximate surface area is 190 Å². The van der Waals surface area contributed by atoms with Gasteiger partial charge < -0.3 is 9.64 Å². The van der Waals surface area contributed by atoms with E-state index in [0.29, 0.717) is 32.2 Å². The van der Waals surface area contributed by atoms with Crippen LogP contribution >= 0.6 is 0 Å². The van der Waals surface area contributed by atoms with Gasteiger partial charge in [-0.15, -0.1) is 0 Å². The Hall–Kier alpha value is -2.95. The number of ketones is 1. The Morgan fingerprint density at radius 1 is 1.03 bits per heavy atom. The number of esters is 1. The van der Waals surface area contributed by atoms with Crippen molar-refractivity contribution < 1.29 is 19.1 Å². The summed E-state index contributed by atoms with van der Waals surface area (Å²) in [6, 6.07) is 19.1. The van der Waals surface area contributed by atoms with Crippen LogP contribution in [-0.4, -0.2) is 35.1 Å². The number of hydrogen-bond acceptors (Lipinski definition) is 4. The van der Waals surface area contributed by atoms with Gasteiger partial charge in [0.05, 0.1) is 0 Å². The number of benzene rings is 2. The van der Waals surface area contributed by atoms with E-state index in [1.54, 1.807) is 13.8 Å². The molecule has 1 amide bonds. The molecule has 3 rings (SSSR count). The lowest BCUT2D eigenvalue weighted by Crippen LogP contribution is -2.48. The summed E-state index contributed by atoms with van der Waals surface area (Å²) in [4.78, 5) is 40.2. The van der Waals surface area contributed by atoms with Crippen LogP contribution in [0.3, 0.4) is 0 Å². The molecule has 5 nitrogen and oxygen atoms in total. The van der Waals surface area contributed by atoms with Gasteiger partial charge in [-0.05, 0) is 43.2 Å². The minimum absolute atomic E-state index is 0.407. The summed E-state index contributed by atoms with van der Waals surface area (Å²) in [5, 5.41) is 0. The second-order valence-electron chi connectivity index (χ2n) is 9.08. The summed E-state index contributed by atoms with van der Waals surface area (Å²) >= 11 is 0. The summed E-state index contributed by atoms with van der Waals surface area (Å²) in [5.74, 6) is -1.44. The molecule has 5 heteroatoms. The number of hydrogen-bond donors (Lipinski definition) is 0. The molecule has 0 N–H and O–H groups in total. The maximum atomic E-state index is 13.2. The smallest absolute Gasteiger partial charge is 0.329 e. The molecule has 0 spiro atoms. The molecule has 0 unspecified atom stereocenters. The first-order valence-electron chi connectivity index (χ1n) is 11.5. The van der Waals surface area contributed by atoms with E-state index in [9.17, 15) is 14.4 Å². The SMILES string of the molecule is CCC(C)(C)C(=O)C(=O)N1CCC[C@H]1C(=O)O[C@@H](CCc1ccccc1)c1ccccc1. The van der Waals surface area contributed by atoms with Gasteiger partial charge in [0.25, 0.3) is 5.91 Å². The molecule has 0 bridgehead atoms. The van der Waals surface area contributed by atoms with Gasteiger partial charge in [0, 0.05) is 12.0 Å². The summed E-state index contributed by atoms with van der Waals surface area (Å²) in [6.45, 7) is 5.83. The first kappa shape index (κ1) is 23.7. The Bertz CT molecular complexity index is 923. The van der Waals surface area contributed by atoms with Crippen molar-refractivity contribution in [1.82, 2.24) is 4.90 Å². The highest BCUT2D eigenvalue weighted by molar-refractivity contribution is 6.38. The number of carbonyl (C=O) groups excluding carboxylic acids is 3. The summed E-state index contributed by atoms with van der Waals surface area (Å²) in [6.07, 6.45) is 2.77. The third kappa shape index (κ3) is 5.64. The first-order valence-corrected chi connectivity index (χ1v) is 11.5. The van der Waals surface area contributed by atoms with E-state index in [1.165, 1.54) is 10.5 Å². The zero-order valence-electron chi connectivity index (χ0n) is 19.3. The quantitative estimate of drug-likeness (QED) is 0.415. The van der Waals surface area contributed by atoms with E-state index >= 15 is 0 Å². The predicted octanol–water partition coefficient (Wildman–Crippen LogP) is 4.90. The van der Waals surface area contributed by atoms with E-state index in [1.807, 2.05) is 55.5 Å². The molecular formula is C27H33NO4. The second kappa shape index (κ2) is 10.6. The van der Waals surface area contributed by atoms with Crippen molar-refractivity contribution in [3.05, 3.63) is 71.8 Å². The molecular weight excluding hydrogens is 402 g/mol. The number of nitrogens with zero attached hydrogens (tertiary/aromatic N) is 1. The standard InChI is InChI=1S/C27H33NO4/c1-4-27(2,3)24(29)25(30)28-19-11-16-22(28)26(31)32-23(21-14-9-6-10-15-21)18-17-20-12-7-5-8-13-20/h5-10,12-15,22-23H,4,11,16-19H2,1-3H3/t22-,23-/m0/s1. The molecule has 1 aliphatic heterocycles. The highest BCUT2D eigenvalue weighted by Gasteiger charge is 2.42. The summed E-state index contributed by atoms with van der Waals surface area (Å²) in [7, 11) is 0. The Kier molecular flexibility index (Phi) is 7.84. The van der Waals surface area contributed by atoms with Crippen LogP contribution in [0.25, 0.3) is 0 Å². The number of ether oxygens (including phenoxy) is 1. The molecule has 2 atom stereocenters. The molecule has 1 saturated heterocycles. The summed E-state index contributed by atoms with van der Waals surface area (Å²) in [5.41, 5.74) is 1.36. The number of likely N-dealkylation sites (tertiary alicyclic amines) is 1. The molecule has 2 aromatic carbocycles.